The molecular weight excluding hydrogens is 218 g/mol. The van der Waals surface area contributed by atoms with Gasteiger partial charge in [-0.05, 0) is 26.0 Å². The van der Waals surface area contributed by atoms with Crippen LogP contribution < -0.4 is 0 Å². The van der Waals surface area contributed by atoms with E-state index in [1.54, 1.807) is 13.0 Å². The molecule has 0 aliphatic heterocycles. The minimum absolute atomic E-state index is 0.0559. The lowest BCUT2D eigenvalue weighted by molar-refractivity contribution is -0.385. The molecule has 80 valence electrons. The molecule has 0 spiro atoms. The Balaban J connectivity index is 3.43. The minimum Gasteiger partial charge on any atom is -0.512 e. The van der Waals surface area contributed by atoms with E-state index < -0.39 is 4.92 Å². The first-order valence-corrected chi connectivity index (χ1v) is 4.62. The van der Waals surface area contributed by atoms with Crippen molar-refractivity contribution in [3.63, 3.8) is 0 Å². The van der Waals surface area contributed by atoms with Crippen LogP contribution in [-0.2, 0) is 0 Å². The maximum atomic E-state index is 10.7. The molecule has 0 saturated carbocycles. The fraction of sp³-hybridized carbons (Fsp3) is 0.200. The van der Waals surface area contributed by atoms with Gasteiger partial charge in [-0.25, -0.2) is 0 Å². The standard InChI is InChI=1S/C10H10ClNO3/c1-6(7(2)13)9-4-3-8(11)5-10(9)12(14)15/h3-5,13H,1-2H3. The number of nitro groups is 1. The molecule has 0 unspecified atom stereocenters. The summed E-state index contributed by atoms with van der Waals surface area (Å²) in [4.78, 5) is 10.2. The molecule has 0 fully saturated rings. The maximum Gasteiger partial charge on any atom is 0.278 e. The summed E-state index contributed by atoms with van der Waals surface area (Å²) in [5, 5.41) is 20.3. The fourth-order valence-electron chi connectivity index (χ4n) is 1.17. The molecule has 0 heterocycles. The lowest BCUT2D eigenvalue weighted by Crippen LogP contribution is -1.95. The molecule has 0 saturated heterocycles. The number of aliphatic hydroxyl groups is 1. The van der Waals surface area contributed by atoms with Crippen molar-refractivity contribution in [1.82, 2.24) is 0 Å². The van der Waals surface area contributed by atoms with Crippen LogP contribution in [0, 0.1) is 10.1 Å². The summed E-state index contributed by atoms with van der Waals surface area (Å²) in [6, 6.07) is 4.34. The number of nitrogens with zero attached hydrogens (tertiary/aromatic N) is 1. The largest absolute Gasteiger partial charge is 0.512 e. The van der Waals surface area contributed by atoms with Crippen LogP contribution in [0.4, 0.5) is 5.69 Å². The molecule has 1 N–H and O–H groups in total. The van der Waals surface area contributed by atoms with E-state index in [4.69, 9.17) is 11.6 Å². The zero-order valence-corrected chi connectivity index (χ0v) is 9.08. The third-order valence-corrected chi connectivity index (χ3v) is 2.34. The number of hydrogen-bond acceptors (Lipinski definition) is 3. The highest BCUT2D eigenvalue weighted by atomic mass is 35.5. The zero-order chi connectivity index (χ0) is 11.6. The van der Waals surface area contributed by atoms with Crippen LogP contribution in [0.1, 0.15) is 19.4 Å². The van der Waals surface area contributed by atoms with Gasteiger partial charge < -0.3 is 5.11 Å². The Bertz CT molecular complexity index is 436. The van der Waals surface area contributed by atoms with Gasteiger partial charge in [0.05, 0.1) is 16.2 Å². The predicted octanol–water partition coefficient (Wildman–Crippen LogP) is 3.56. The van der Waals surface area contributed by atoms with Crippen molar-refractivity contribution in [1.29, 1.82) is 0 Å². The summed E-state index contributed by atoms with van der Waals surface area (Å²) in [6.45, 7) is 3.10. The molecular formula is C10H10ClNO3. The Morgan fingerprint density at radius 2 is 2.07 bits per heavy atom. The normalized spacial score (nSPS) is 12.2. The number of nitro benzene ring substituents is 1. The summed E-state index contributed by atoms with van der Waals surface area (Å²) in [6.07, 6.45) is 0. The SMILES string of the molecule is CC(O)=C(C)c1ccc(Cl)cc1[N+](=O)[O-]. The quantitative estimate of drug-likeness (QED) is 0.477. The first-order chi connectivity index (χ1) is 6.93. The molecule has 1 aromatic carbocycles. The van der Waals surface area contributed by atoms with Crippen molar-refractivity contribution in [2.24, 2.45) is 0 Å². The molecule has 0 aromatic heterocycles. The second-order valence-corrected chi connectivity index (χ2v) is 3.57. The van der Waals surface area contributed by atoms with Crippen LogP contribution in [0.25, 0.3) is 5.57 Å². The number of allylic oxidation sites excluding steroid dienone is 2. The van der Waals surface area contributed by atoms with Crippen LogP contribution in [0.2, 0.25) is 5.02 Å². The van der Waals surface area contributed by atoms with Gasteiger partial charge in [0.15, 0.2) is 0 Å². The third-order valence-electron chi connectivity index (χ3n) is 2.10. The highest BCUT2D eigenvalue weighted by Crippen LogP contribution is 2.29. The van der Waals surface area contributed by atoms with Crippen molar-refractivity contribution in [2.75, 3.05) is 0 Å². The summed E-state index contributed by atoms with van der Waals surface area (Å²) >= 11 is 5.66. The predicted molar refractivity (Wildman–Crippen MR) is 59.0 cm³/mol. The van der Waals surface area contributed by atoms with E-state index >= 15 is 0 Å². The number of benzene rings is 1. The Labute approximate surface area is 92.0 Å². The topological polar surface area (TPSA) is 63.4 Å². The lowest BCUT2D eigenvalue weighted by Gasteiger charge is -2.04. The Morgan fingerprint density at radius 3 is 2.53 bits per heavy atom. The van der Waals surface area contributed by atoms with E-state index in [1.165, 1.54) is 19.1 Å². The molecule has 0 radical (unpaired) electrons. The lowest BCUT2D eigenvalue weighted by atomic mass is 10.0. The van der Waals surface area contributed by atoms with Gasteiger partial charge in [-0.15, -0.1) is 0 Å². The summed E-state index contributed by atoms with van der Waals surface area (Å²) in [7, 11) is 0. The Hall–Kier alpha value is -1.55. The Kier molecular flexibility index (Phi) is 3.31. The van der Waals surface area contributed by atoms with Gasteiger partial charge in [-0.2, -0.15) is 0 Å². The minimum atomic E-state index is -0.520. The third kappa shape index (κ3) is 2.47. The van der Waals surface area contributed by atoms with E-state index in [1.807, 2.05) is 0 Å². The first-order valence-electron chi connectivity index (χ1n) is 4.24. The van der Waals surface area contributed by atoms with E-state index in [0.29, 0.717) is 16.2 Å². The van der Waals surface area contributed by atoms with Crippen LogP contribution in [-0.4, -0.2) is 10.0 Å². The van der Waals surface area contributed by atoms with Crippen molar-refractivity contribution in [3.05, 3.63) is 44.7 Å². The van der Waals surface area contributed by atoms with Gasteiger partial charge in [0.1, 0.15) is 0 Å². The second-order valence-electron chi connectivity index (χ2n) is 3.13. The molecule has 0 aliphatic carbocycles. The maximum absolute atomic E-state index is 10.7. The Morgan fingerprint density at radius 1 is 1.47 bits per heavy atom. The van der Waals surface area contributed by atoms with Crippen LogP contribution in [0.3, 0.4) is 0 Å². The smallest absolute Gasteiger partial charge is 0.278 e. The molecule has 5 heteroatoms. The molecule has 0 bridgehead atoms. The van der Waals surface area contributed by atoms with Gasteiger partial charge in [0, 0.05) is 16.7 Å². The molecule has 0 atom stereocenters. The van der Waals surface area contributed by atoms with E-state index in [-0.39, 0.29) is 11.4 Å². The zero-order valence-electron chi connectivity index (χ0n) is 8.32. The van der Waals surface area contributed by atoms with E-state index in [9.17, 15) is 15.2 Å². The van der Waals surface area contributed by atoms with Crippen LogP contribution in [0.5, 0.6) is 0 Å². The number of halogens is 1. The van der Waals surface area contributed by atoms with Crippen molar-refractivity contribution < 1.29 is 10.0 Å². The molecule has 1 rings (SSSR count). The van der Waals surface area contributed by atoms with E-state index in [2.05, 4.69) is 0 Å². The number of aliphatic hydroxyl groups excluding tert-OH is 1. The van der Waals surface area contributed by atoms with Gasteiger partial charge in [0.2, 0.25) is 0 Å². The molecule has 15 heavy (non-hydrogen) atoms. The highest BCUT2D eigenvalue weighted by molar-refractivity contribution is 6.30. The highest BCUT2D eigenvalue weighted by Gasteiger charge is 2.16. The molecule has 4 nitrogen and oxygen atoms in total. The van der Waals surface area contributed by atoms with Gasteiger partial charge in [0.25, 0.3) is 5.69 Å². The summed E-state index contributed by atoms with van der Waals surface area (Å²) in [5.74, 6) is 0.0559. The fourth-order valence-corrected chi connectivity index (χ4v) is 1.33. The van der Waals surface area contributed by atoms with Crippen molar-refractivity contribution >= 4 is 22.9 Å². The average Bonchev–Trinajstić information content (AvgIpc) is 2.16. The monoisotopic (exact) mass is 227 g/mol. The molecule has 1 aromatic rings. The molecule has 0 amide bonds. The van der Waals surface area contributed by atoms with Crippen LogP contribution in [0.15, 0.2) is 24.0 Å². The molecule has 0 aliphatic rings. The van der Waals surface area contributed by atoms with Crippen molar-refractivity contribution in [2.45, 2.75) is 13.8 Å². The number of hydrogen-bond donors (Lipinski definition) is 1. The van der Waals surface area contributed by atoms with Gasteiger partial charge in [-0.3, -0.25) is 10.1 Å². The average molecular weight is 228 g/mol. The van der Waals surface area contributed by atoms with Gasteiger partial charge in [-0.1, -0.05) is 11.6 Å². The van der Waals surface area contributed by atoms with Crippen molar-refractivity contribution in [3.8, 4) is 0 Å². The second kappa shape index (κ2) is 4.31. The summed E-state index contributed by atoms with van der Waals surface area (Å²) in [5.41, 5.74) is 0.746. The van der Waals surface area contributed by atoms with E-state index in [0.717, 1.165) is 0 Å². The van der Waals surface area contributed by atoms with Gasteiger partial charge >= 0.3 is 0 Å². The number of rotatable bonds is 2. The summed E-state index contributed by atoms with van der Waals surface area (Å²) < 4.78 is 0. The first kappa shape index (κ1) is 11.5. The van der Waals surface area contributed by atoms with Crippen LogP contribution >= 0.6 is 11.6 Å².